The quantitative estimate of drug-likeness (QED) is 0.797. The van der Waals surface area contributed by atoms with E-state index in [4.69, 9.17) is 25.2 Å². The summed E-state index contributed by atoms with van der Waals surface area (Å²) in [6, 6.07) is 8.07. The molecule has 0 amide bonds. The Morgan fingerprint density at radius 1 is 1.27 bits per heavy atom. The summed E-state index contributed by atoms with van der Waals surface area (Å²) in [7, 11) is -1.15. The minimum atomic E-state index is -1.15. The number of morpholine rings is 1. The van der Waals surface area contributed by atoms with Gasteiger partial charge in [0.05, 0.1) is 29.5 Å². The lowest BCUT2D eigenvalue weighted by atomic mass is 9.95. The van der Waals surface area contributed by atoms with Crippen LogP contribution in [0.2, 0.25) is 0 Å². The molecule has 0 aliphatic carbocycles. The normalized spacial score (nSPS) is 24.6. The monoisotopic (exact) mass is 430 g/mol. The molecule has 0 spiro atoms. The summed E-state index contributed by atoms with van der Waals surface area (Å²) in [6.45, 7) is 10.3. The van der Waals surface area contributed by atoms with Gasteiger partial charge in [0.1, 0.15) is 12.3 Å². The van der Waals surface area contributed by atoms with Crippen molar-refractivity contribution >= 4 is 16.6 Å². The van der Waals surface area contributed by atoms with Crippen molar-refractivity contribution in [2.24, 2.45) is 5.73 Å². The van der Waals surface area contributed by atoms with E-state index in [0.717, 1.165) is 16.9 Å². The minimum Gasteiger partial charge on any atom is -0.485 e. The summed E-state index contributed by atoms with van der Waals surface area (Å²) in [4.78, 5) is 12.1. The van der Waals surface area contributed by atoms with Crippen LogP contribution in [0.5, 0.6) is 5.75 Å². The Bertz CT molecular complexity index is 979. The van der Waals surface area contributed by atoms with Gasteiger partial charge >= 0.3 is 0 Å². The second kappa shape index (κ2) is 7.59. The van der Waals surface area contributed by atoms with Crippen molar-refractivity contribution in [3.63, 3.8) is 0 Å². The summed E-state index contributed by atoms with van der Waals surface area (Å²) in [5.41, 5.74) is 8.04. The topological polar surface area (TPSA) is 90.6 Å². The molecule has 2 aliphatic heterocycles. The zero-order valence-corrected chi connectivity index (χ0v) is 19.1. The molecule has 1 aromatic heterocycles. The number of anilines is 1. The van der Waals surface area contributed by atoms with Gasteiger partial charge < -0.3 is 20.1 Å². The smallest absolute Gasteiger partial charge is 0.185 e. The van der Waals surface area contributed by atoms with Gasteiger partial charge in [-0.25, -0.2) is 9.97 Å². The van der Waals surface area contributed by atoms with Gasteiger partial charge in [0.2, 0.25) is 0 Å². The van der Waals surface area contributed by atoms with Crippen molar-refractivity contribution in [2.75, 3.05) is 31.0 Å². The first-order valence-corrected chi connectivity index (χ1v) is 11.8. The maximum Gasteiger partial charge on any atom is 0.185 e. The van der Waals surface area contributed by atoms with E-state index in [-0.39, 0.29) is 11.6 Å². The molecule has 0 saturated carbocycles. The van der Waals surface area contributed by atoms with Gasteiger partial charge in [-0.05, 0) is 33.3 Å². The lowest BCUT2D eigenvalue weighted by Gasteiger charge is -2.52. The van der Waals surface area contributed by atoms with Gasteiger partial charge in [-0.1, -0.05) is 24.3 Å². The molecule has 30 heavy (non-hydrogen) atoms. The van der Waals surface area contributed by atoms with Crippen molar-refractivity contribution < 1.29 is 13.7 Å². The first-order chi connectivity index (χ1) is 14.2. The average molecular weight is 431 g/mol. The molecular formula is C22H30N4O3S. The van der Waals surface area contributed by atoms with Crippen LogP contribution in [-0.4, -0.2) is 51.8 Å². The molecule has 2 N–H and O–H groups in total. The molecular weight excluding hydrogens is 400 g/mol. The van der Waals surface area contributed by atoms with Gasteiger partial charge in [0, 0.05) is 29.2 Å². The van der Waals surface area contributed by atoms with Crippen LogP contribution in [0.25, 0.3) is 11.4 Å². The summed E-state index contributed by atoms with van der Waals surface area (Å²) in [6.07, 6.45) is 1.70. The van der Waals surface area contributed by atoms with Crippen LogP contribution in [0.15, 0.2) is 24.3 Å². The molecule has 162 valence electrons. The molecule has 1 aromatic carbocycles. The zero-order chi connectivity index (χ0) is 21.7. The summed E-state index contributed by atoms with van der Waals surface area (Å²) < 4.78 is 24.0. The molecule has 0 bridgehead atoms. The molecule has 2 aliphatic rings. The third-order valence-electron chi connectivity index (χ3n) is 6.13. The lowest BCUT2D eigenvalue weighted by molar-refractivity contribution is 0.00706. The van der Waals surface area contributed by atoms with Gasteiger partial charge in [0.25, 0.3) is 0 Å². The Morgan fingerprint density at radius 3 is 2.60 bits per heavy atom. The van der Waals surface area contributed by atoms with E-state index in [1.54, 1.807) is 6.26 Å². The van der Waals surface area contributed by atoms with E-state index in [1.165, 1.54) is 0 Å². The first kappa shape index (κ1) is 21.2. The van der Waals surface area contributed by atoms with Crippen LogP contribution >= 0.6 is 0 Å². The highest BCUT2D eigenvalue weighted by Gasteiger charge is 2.47. The molecule has 3 atom stereocenters. The van der Waals surface area contributed by atoms with Crippen molar-refractivity contribution in [1.29, 1.82) is 0 Å². The molecule has 1 unspecified atom stereocenters. The molecule has 1 saturated heterocycles. The molecule has 8 heteroatoms. The van der Waals surface area contributed by atoms with E-state index >= 15 is 0 Å². The van der Waals surface area contributed by atoms with Crippen LogP contribution < -0.4 is 15.4 Å². The highest BCUT2D eigenvalue weighted by Crippen LogP contribution is 2.46. The number of ether oxygens (including phenoxy) is 2. The fraction of sp³-hybridized carbons (Fsp3) is 0.545. The lowest BCUT2D eigenvalue weighted by Crippen LogP contribution is -2.64. The summed E-state index contributed by atoms with van der Waals surface area (Å²) in [5, 5.41) is 0. The van der Waals surface area contributed by atoms with Crippen molar-refractivity contribution in [3.05, 3.63) is 35.5 Å². The maximum absolute atomic E-state index is 12.6. The average Bonchev–Trinajstić information content (AvgIpc) is 2.72. The van der Waals surface area contributed by atoms with E-state index in [9.17, 15) is 4.21 Å². The zero-order valence-electron chi connectivity index (χ0n) is 18.3. The first-order valence-electron chi connectivity index (χ1n) is 10.2. The number of fused-ring (bicyclic) bond motifs is 3. The summed E-state index contributed by atoms with van der Waals surface area (Å²) in [5.74, 6) is 1.97. The Kier molecular flexibility index (Phi) is 5.36. The van der Waals surface area contributed by atoms with Crippen LogP contribution in [0.4, 0.5) is 5.82 Å². The predicted octanol–water partition coefficient (Wildman–Crippen LogP) is 2.59. The largest absolute Gasteiger partial charge is 0.485 e. The van der Waals surface area contributed by atoms with E-state index in [0.29, 0.717) is 43.6 Å². The van der Waals surface area contributed by atoms with Crippen molar-refractivity contribution in [3.8, 4) is 17.1 Å². The summed E-state index contributed by atoms with van der Waals surface area (Å²) >= 11 is 0. The standard InChI is InChI=1S/C22H30N4O3S/c1-14-11-28-12-22(4)13-29-17-18(21(2,3)30(5)27)24-19(25-20(17)26(14)22)16-8-6-15(10-23)7-9-16/h6-9,14H,10-13,23H2,1-5H3/t14-,22+,30?/m1/s1. The number of benzene rings is 1. The number of aromatic nitrogens is 2. The molecule has 0 radical (unpaired) electrons. The van der Waals surface area contributed by atoms with Gasteiger partial charge in [0.15, 0.2) is 17.4 Å². The Labute approximate surface area is 180 Å². The Balaban J connectivity index is 1.95. The van der Waals surface area contributed by atoms with E-state index in [1.807, 2.05) is 38.1 Å². The van der Waals surface area contributed by atoms with Gasteiger partial charge in [-0.3, -0.25) is 4.21 Å². The fourth-order valence-electron chi connectivity index (χ4n) is 4.13. The second-order valence-corrected chi connectivity index (χ2v) is 10.9. The van der Waals surface area contributed by atoms with Gasteiger partial charge in [-0.15, -0.1) is 0 Å². The van der Waals surface area contributed by atoms with Crippen LogP contribution in [0.3, 0.4) is 0 Å². The Morgan fingerprint density at radius 2 is 1.97 bits per heavy atom. The number of hydrogen-bond donors (Lipinski definition) is 1. The Hall–Kier alpha value is -2.03. The molecule has 1 fully saturated rings. The third-order valence-corrected chi connectivity index (χ3v) is 7.77. The van der Waals surface area contributed by atoms with Crippen LogP contribution in [-0.2, 0) is 26.8 Å². The highest BCUT2D eigenvalue weighted by atomic mass is 32.2. The predicted molar refractivity (Wildman–Crippen MR) is 119 cm³/mol. The minimum absolute atomic E-state index is 0.136. The number of nitrogens with zero attached hydrogens (tertiary/aromatic N) is 3. The van der Waals surface area contributed by atoms with Crippen LogP contribution in [0, 0.1) is 0 Å². The van der Waals surface area contributed by atoms with E-state index in [2.05, 4.69) is 18.7 Å². The number of rotatable bonds is 4. The molecule has 7 nitrogen and oxygen atoms in total. The number of hydrogen-bond acceptors (Lipinski definition) is 7. The SMILES string of the molecule is C[C@@H]1COC[C@@]2(C)COc3c(nc(-c4ccc(CN)cc4)nc3C(C)(C)S(C)=O)N12. The second-order valence-electron chi connectivity index (χ2n) is 8.93. The molecule has 4 rings (SSSR count). The van der Waals surface area contributed by atoms with Crippen LogP contribution in [0.1, 0.15) is 39.0 Å². The van der Waals surface area contributed by atoms with E-state index < -0.39 is 15.5 Å². The number of nitrogens with two attached hydrogens (primary N) is 1. The fourth-order valence-corrected chi connectivity index (χ4v) is 4.54. The van der Waals surface area contributed by atoms with Crippen molar-refractivity contribution in [1.82, 2.24) is 9.97 Å². The molecule has 2 aromatic rings. The molecule has 3 heterocycles. The van der Waals surface area contributed by atoms with Gasteiger partial charge in [-0.2, -0.15) is 0 Å². The van der Waals surface area contributed by atoms with Crippen molar-refractivity contribution in [2.45, 2.75) is 50.6 Å². The maximum atomic E-state index is 12.6. The highest BCUT2D eigenvalue weighted by molar-refractivity contribution is 7.85. The third kappa shape index (κ3) is 3.40.